The van der Waals surface area contributed by atoms with E-state index in [0.717, 1.165) is 15.7 Å². The van der Waals surface area contributed by atoms with Gasteiger partial charge in [0, 0.05) is 16.7 Å². The molecule has 126 valence electrons. The minimum Gasteiger partial charge on any atom is -0.347 e. The van der Waals surface area contributed by atoms with Crippen LogP contribution in [0.1, 0.15) is 21.6 Å². The van der Waals surface area contributed by atoms with Gasteiger partial charge in [0.1, 0.15) is 11.5 Å². The van der Waals surface area contributed by atoms with Gasteiger partial charge >= 0.3 is 0 Å². The number of hydrogen-bond acceptors (Lipinski definition) is 4. The fourth-order valence-electron chi connectivity index (χ4n) is 2.20. The number of halogens is 1. The van der Waals surface area contributed by atoms with E-state index in [1.54, 1.807) is 6.20 Å². The number of aryl methyl sites for hydroxylation is 1. The third-order valence-corrected chi connectivity index (χ3v) is 4.05. The predicted octanol–water partition coefficient (Wildman–Crippen LogP) is 4.22. The zero-order valence-corrected chi connectivity index (χ0v) is 15.2. The molecule has 1 amide bonds. The third-order valence-electron chi connectivity index (χ3n) is 3.56. The molecule has 5 nitrogen and oxygen atoms in total. The lowest BCUT2D eigenvalue weighted by Crippen LogP contribution is -2.24. The number of carbonyl (C=O) groups is 1. The molecule has 6 heteroatoms. The van der Waals surface area contributed by atoms with Gasteiger partial charge in [0.2, 0.25) is 0 Å². The second kappa shape index (κ2) is 7.90. The second-order valence-electron chi connectivity index (χ2n) is 5.59. The van der Waals surface area contributed by atoms with Crippen LogP contribution in [0.25, 0.3) is 0 Å². The van der Waals surface area contributed by atoms with E-state index in [0.29, 0.717) is 12.4 Å². The van der Waals surface area contributed by atoms with Crippen molar-refractivity contribution in [3.8, 4) is 0 Å². The van der Waals surface area contributed by atoms with Crippen LogP contribution in [0.3, 0.4) is 0 Å². The van der Waals surface area contributed by atoms with Crippen LogP contribution in [0.2, 0.25) is 0 Å². The Bertz CT molecular complexity index is 863. The van der Waals surface area contributed by atoms with Crippen molar-refractivity contribution >= 4 is 33.3 Å². The summed E-state index contributed by atoms with van der Waals surface area (Å²) < 4.78 is 0.970. The molecule has 3 aromatic rings. The Morgan fingerprint density at radius 1 is 1.08 bits per heavy atom. The summed E-state index contributed by atoms with van der Waals surface area (Å²) in [6.07, 6.45) is 3.01. The SMILES string of the molecule is Cc1ccc(CNC(=O)c2cnc(Nc3cccc(Br)c3)cn2)cc1. The summed E-state index contributed by atoms with van der Waals surface area (Å²) in [5.74, 6) is 0.329. The maximum absolute atomic E-state index is 12.2. The summed E-state index contributed by atoms with van der Waals surface area (Å²) in [5.41, 5.74) is 3.40. The van der Waals surface area contributed by atoms with Gasteiger partial charge < -0.3 is 10.6 Å². The summed E-state index contributed by atoms with van der Waals surface area (Å²) in [7, 11) is 0. The average molecular weight is 397 g/mol. The number of amides is 1. The van der Waals surface area contributed by atoms with E-state index in [9.17, 15) is 4.79 Å². The van der Waals surface area contributed by atoms with Crippen LogP contribution in [-0.4, -0.2) is 15.9 Å². The van der Waals surface area contributed by atoms with Crippen LogP contribution in [0, 0.1) is 6.92 Å². The normalized spacial score (nSPS) is 10.3. The van der Waals surface area contributed by atoms with Crippen molar-refractivity contribution in [1.29, 1.82) is 0 Å². The lowest BCUT2D eigenvalue weighted by Gasteiger charge is -2.07. The van der Waals surface area contributed by atoms with Crippen molar-refractivity contribution in [3.63, 3.8) is 0 Å². The van der Waals surface area contributed by atoms with Crippen LogP contribution >= 0.6 is 15.9 Å². The minimum atomic E-state index is -0.248. The van der Waals surface area contributed by atoms with E-state index in [4.69, 9.17) is 0 Å². The smallest absolute Gasteiger partial charge is 0.271 e. The van der Waals surface area contributed by atoms with Gasteiger partial charge in [0.05, 0.1) is 12.4 Å². The highest BCUT2D eigenvalue weighted by atomic mass is 79.9. The minimum absolute atomic E-state index is 0.248. The van der Waals surface area contributed by atoms with Gasteiger partial charge in [0.15, 0.2) is 0 Å². The fraction of sp³-hybridized carbons (Fsp3) is 0.105. The number of nitrogens with zero attached hydrogens (tertiary/aromatic N) is 2. The molecule has 0 bridgehead atoms. The van der Waals surface area contributed by atoms with Crippen molar-refractivity contribution in [2.75, 3.05) is 5.32 Å². The Morgan fingerprint density at radius 3 is 2.56 bits per heavy atom. The molecular weight excluding hydrogens is 380 g/mol. The number of anilines is 2. The maximum Gasteiger partial charge on any atom is 0.271 e. The molecule has 0 fully saturated rings. The first kappa shape index (κ1) is 17.1. The lowest BCUT2D eigenvalue weighted by atomic mass is 10.1. The topological polar surface area (TPSA) is 66.9 Å². The van der Waals surface area contributed by atoms with Crippen LogP contribution in [0.4, 0.5) is 11.5 Å². The van der Waals surface area contributed by atoms with Crippen LogP contribution < -0.4 is 10.6 Å². The summed E-state index contributed by atoms with van der Waals surface area (Å²) in [4.78, 5) is 20.6. The zero-order valence-electron chi connectivity index (χ0n) is 13.7. The van der Waals surface area contributed by atoms with E-state index in [1.165, 1.54) is 11.8 Å². The molecule has 0 radical (unpaired) electrons. The molecule has 25 heavy (non-hydrogen) atoms. The third kappa shape index (κ3) is 4.87. The van der Waals surface area contributed by atoms with Gasteiger partial charge in [-0.25, -0.2) is 9.97 Å². The monoisotopic (exact) mass is 396 g/mol. The first-order chi connectivity index (χ1) is 12.1. The largest absolute Gasteiger partial charge is 0.347 e. The van der Waals surface area contributed by atoms with Crippen molar-refractivity contribution < 1.29 is 4.79 Å². The molecule has 0 saturated carbocycles. The molecule has 0 saturated heterocycles. The molecule has 0 aliphatic rings. The maximum atomic E-state index is 12.2. The van der Waals surface area contributed by atoms with E-state index >= 15 is 0 Å². The van der Waals surface area contributed by atoms with Crippen molar-refractivity contribution in [2.24, 2.45) is 0 Å². The first-order valence-electron chi connectivity index (χ1n) is 7.78. The quantitative estimate of drug-likeness (QED) is 0.677. The van der Waals surface area contributed by atoms with Gasteiger partial charge in [0.25, 0.3) is 5.91 Å². The van der Waals surface area contributed by atoms with Gasteiger partial charge in [-0.1, -0.05) is 51.8 Å². The van der Waals surface area contributed by atoms with Gasteiger partial charge in [-0.2, -0.15) is 0 Å². The summed E-state index contributed by atoms with van der Waals surface area (Å²) in [5, 5.41) is 5.98. The van der Waals surface area contributed by atoms with E-state index in [-0.39, 0.29) is 11.6 Å². The van der Waals surface area contributed by atoms with Gasteiger partial charge in [-0.15, -0.1) is 0 Å². The van der Waals surface area contributed by atoms with Crippen LogP contribution in [-0.2, 0) is 6.54 Å². The molecule has 2 aromatic carbocycles. The predicted molar refractivity (Wildman–Crippen MR) is 102 cm³/mol. The van der Waals surface area contributed by atoms with Crippen LogP contribution in [0.5, 0.6) is 0 Å². The second-order valence-corrected chi connectivity index (χ2v) is 6.51. The summed E-state index contributed by atoms with van der Waals surface area (Å²) >= 11 is 3.42. The number of nitrogens with one attached hydrogen (secondary N) is 2. The van der Waals surface area contributed by atoms with Crippen molar-refractivity contribution in [1.82, 2.24) is 15.3 Å². The molecule has 0 aliphatic heterocycles. The molecule has 0 atom stereocenters. The molecule has 0 unspecified atom stereocenters. The van der Waals surface area contributed by atoms with Gasteiger partial charge in [-0.05, 0) is 30.7 Å². The number of rotatable bonds is 5. The number of hydrogen-bond donors (Lipinski definition) is 2. The first-order valence-corrected chi connectivity index (χ1v) is 8.58. The summed E-state index contributed by atoms with van der Waals surface area (Å²) in [6.45, 7) is 2.49. The van der Waals surface area contributed by atoms with E-state index in [1.807, 2.05) is 55.5 Å². The van der Waals surface area contributed by atoms with Crippen LogP contribution in [0.15, 0.2) is 65.4 Å². The highest BCUT2D eigenvalue weighted by Crippen LogP contribution is 2.18. The number of benzene rings is 2. The van der Waals surface area contributed by atoms with E-state index in [2.05, 4.69) is 36.5 Å². The standard InChI is InChI=1S/C19H17BrN4O/c1-13-5-7-14(8-6-13)10-23-19(25)17-11-22-18(12-21-17)24-16-4-2-3-15(20)9-16/h2-9,11-12H,10H2,1H3,(H,22,24)(H,23,25). The Labute approximate surface area is 154 Å². The Morgan fingerprint density at radius 2 is 1.88 bits per heavy atom. The molecule has 3 rings (SSSR count). The summed E-state index contributed by atoms with van der Waals surface area (Å²) in [6, 6.07) is 15.7. The van der Waals surface area contributed by atoms with Crippen molar-refractivity contribution in [3.05, 3.63) is 82.2 Å². The molecule has 0 spiro atoms. The molecule has 1 heterocycles. The Balaban J connectivity index is 1.59. The molecule has 0 aliphatic carbocycles. The highest BCUT2D eigenvalue weighted by Gasteiger charge is 2.08. The van der Waals surface area contributed by atoms with Gasteiger partial charge in [-0.3, -0.25) is 4.79 Å². The number of aromatic nitrogens is 2. The molecule has 2 N–H and O–H groups in total. The highest BCUT2D eigenvalue weighted by molar-refractivity contribution is 9.10. The zero-order chi connectivity index (χ0) is 17.6. The Kier molecular flexibility index (Phi) is 5.40. The Hall–Kier alpha value is -2.73. The lowest BCUT2D eigenvalue weighted by molar-refractivity contribution is 0.0945. The molecule has 1 aromatic heterocycles. The van der Waals surface area contributed by atoms with Crippen molar-refractivity contribution in [2.45, 2.75) is 13.5 Å². The number of carbonyl (C=O) groups excluding carboxylic acids is 1. The van der Waals surface area contributed by atoms with E-state index < -0.39 is 0 Å². The average Bonchev–Trinajstić information content (AvgIpc) is 2.62. The fourth-order valence-corrected chi connectivity index (χ4v) is 2.60. The molecular formula is C19H17BrN4O.